The number of nitrogens with two attached hydrogens (primary N) is 1. The Morgan fingerprint density at radius 3 is 2.68 bits per heavy atom. The molecule has 0 radical (unpaired) electrons. The minimum absolute atomic E-state index is 0.181. The minimum Gasteiger partial charge on any atom is -0.326 e. The highest BCUT2D eigenvalue weighted by Crippen LogP contribution is 2.26. The molecule has 0 saturated carbocycles. The molecule has 0 fully saturated rings. The van der Waals surface area contributed by atoms with E-state index >= 15 is 0 Å². The van der Waals surface area contributed by atoms with Gasteiger partial charge in [-0.1, -0.05) is 20.8 Å². The molecule has 0 saturated heterocycles. The summed E-state index contributed by atoms with van der Waals surface area (Å²) in [4.78, 5) is 28.8. The zero-order valence-corrected chi connectivity index (χ0v) is 12.2. The van der Waals surface area contributed by atoms with Crippen LogP contribution in [-0.2, 0) is 6.54 Å². The molecule has 0 spiro atoms. The van der Waals surface area contributed by atoms with Crippen molar-refractivity contribution >= 4 is 21.6 Å². The number of hydrogen-bond donors (Lipinski definition) is 2. The molecule has 0 aliphatic carbocycles. The van der Waals surface area contributed by atoms with Gasteiger partial charge in [0.25, 0.3) is 5.56 Å². The molecule has 5 nitrogen and oxygen atoms in total. The van der Waals surface area contributed by atoms with Crippen molar-refractivity contribution in [2.24, 2.45) is 5.73 Å². The molecule has 104 valence electrons. The van der Waals surface area contributed by atoms with Gasteiger partial charge < -0.3 is 5.73 Å². The van der Waals surface area contributed by atoms with E-state index in [1.807, 2.05) is 13.0 Å². The molecule has 19 heavy (non-hydrogen) atoms. The maximum Gasteiger partial charge on any atom is 0.329 e. The van der Waals surface area contributed by atoms with E-state index in [1.165, 1.54) is 15.9 Å². The van der Waals surface area contributed by atoms with E-state index in [0.29, 0.717) is 16.1 Å². The molecule has 0 amide bonds. The van der Waals surface area contributed by atoms with Crippen LogP contribution in [0.15, 0.2) is 15.7 Å². The van der Waals surface area contributed by atoms with Gasteiger partial charge in [0.05, 0.1) is 5.39 Å². The van der Waals surface area contributed by atoms with Crippen molar-refractivity contribution in [2.45, 2.75) is 45.7 Å². The second kappa shape index (κ2) is 5.30. The van der Waals surface area contributed by atoms with Crippen LogP contribution in [0.5, 0.6) is 0 Å². The fourth-order valence-corrected chi connectivity index (χ4v) is 2.92. The fraction of sp³-hybridized carbons (Fsp3) is 0.538. The SMILES string of the molecule is CCC(N)Cn1c(=O)[nH]c2sc(C(C)C)cc2c1=O. The van der Waals surface area contributed by atoms with Crippen molar-refractivity contribution < 1.29 is 0 Å². The van der Waals surface area contributed by atoms with Crippen molar-refractivity contribution in [3.8, 4) is 0 Å². The third-order valence-corrected chi connectivity index (χ3v) is 4.55. The van der Waals surface area contributed by atoms with Gasteiger partial charge in [0.1, 0.15) is 4.83 Å². The summed E-state index contributed by atoms with van der Waals surface area (Å²) in [6, 6.07) is 1.69. The maximum atomic E-state index is 12.3. The molecule has 2 heterocycles. The van der Waals surface area contributed by atoms with Crippen LogP contribution in [0.3, 0.4) is 0 Å². The smallest absolute Gasteiger partial charge is 0.326 e. The lowest BCUT2D eigenvalue weighted by Crippen LogP contribution is -2.40. The maximum absolute atomic E-state index is 12.3. The topological polar surface area (TPSA) is 80.9 Å². The molecular weight excluding hydrogens is 262 g/mol. The second-order valence-electron chi connectivity index (χ2n) is 5.06. The van der Waals surface area contributed by atoms with Crippen LogP contribution >= 0.6 is 11.3 Å². The highest BCUT2D eigenvalue weighted by Gasteiger charge is 2.14. The number of fused-ring (bicyclic) bond motifs is 1. The number of nitrogens with one attached hydrogen (secondary N) is 1. The van der Waals surface area contributed by atoms with E-state index < -0.39 is 0 Å². The molecule has 2 aromatic rings. The molecule has 0 aliphatic rings. The summed E-state index contributed by atoms with van der Waals surface area (Å²) >= 11 is 1.47. The molecule has 2 rings (SSSR count). The van der Waals surface area contributed by atoms with Crippen molar-refractivity contribution in [3.05, 3.63) is 31.8 Å². The average Bonchev–Trinajstić information content (AvgIpc) is 2.78. The van der Waals surface area contributed by atoms with E-state index in [1.54, 1.807) is 0 Å². The summed E-state index contributed by atoms with van der Waals surface area (Å²) in [5.41, 5.74) is 5.21. The van der Waals surface area contributed by atoms with Gasteiger partial charge in [-0.3, -0.25) is 14.3 Å². The van der Waals surface area contributed by atoms with Crippen molar-refractivity contribution in [3.63, 3.8) is 0 Å². The first-order valence-electron chi connectivity index (χ1n) is 6.46. The van der Waals surface area contributed by atoms with Gasteiger partial charge in [-0.2, -0.15) is 0 Å². The van der Waals surface area contributed by atoms with Crippen LogP contribution < -0.4 is 17.0 Å². The summed E-state index contributed by atoms with van der Waals surface area (Å²) in [6.07, 6.45) is 0.727. The summed E-state index contributed by atoms with van der Waals surface area (Å²) in [7, 11) is 0. The van der Waals surface area contributed by atoms with E-state index in [9.17, 15) is 9.59 Å². The lowest BCUT2D eigenvalue weighted by atomic mass is 10.2. The van der Waals surface area contributed by atoms with Gasteiger partial charge in [-0.05, 0) is 18.4 Å². The summed E-state index contributed by atoms with van der Waals surface area (Å²) < 4.78 is 1.20. The summed E-state index contributed by atoms with van der Waals surface area (Å²) in [6.45, 7) is 6.32. The lowest BCUT2D eigenvalue weighted by molar-refractivity contribution is 0.513. The first-order valence-corrected chi connectivity index (χ1v) is 7.27. The number of H-pyrrole nitrogens is 1. The zero-order chi connectivity index (χ0) is 14.2. The Bertz CT molecular complexity index is 696. The van der Waals surface area contributed by atoms with E-state index in [0.717, 1.165) is 11.3 Å². The molecule has 2 aromatic heterocycles. The average molecular weight is 281 g/mol. The Morgan fingerprint density at radius 2 is 2.11 bits per heavy atom. The van der Waals surface area contributed by atoms with Gasteiger partial charge in [-0.15, -0.1) is 11.3 Å². The van der Waals surface area contributed by atoms with Gasteiger partial charge in [0.2, 0.25) is 0 Å². The molecule has 0 aromatic carbocycles. The molecule has 1 atom stereocenters. The lowest BCUT2D eigenvalue weighted by Gasteiger charge is -2.09. The van der Waals surface area contributed by atoms with Gasteiger partial charge in [-0.25, -0.2) is 4.79 Å². The quantitative estimate of drug-likeness (QED) is 0.893. The number of aromatic amines is 1. The van der Waals surface area contributed by atoms with Crippen LogP contribution in [0.1, 0.15) is 38.0 Å². The molecular formula is C13H19N3O2S. The monoisotopic (exact) mass is 281 g/mol. The van der Waals surface area contributed by atoms with Crippen LogP contribution in [0.2, 0.25) is 0 Å². The second-order valence-corrected chi connectivity index (χ2v) is 6.14. The van der Waals surface area contributed by atoms with Crippen molar-refractivity contribution in [2.75, 3.05) is 0 Å². The van der Waals surface area contributed by atoms with Gasteiger partial charge >= 0.3 is 5.69 Å². The number of thiophene rings is 1. The van der Waals surface area contributed by atoms with Crippen LogP contribution in [0, 0.1) is 0 Å². The third-order valence-electron chi connectivity index (χ3n) is 3.20. The van der Waals surface area contributed by atoms with Crippen molar-refractivity contribution in [1.29, 1.82) is 0 Å². The molecule has 6 heteroatoms. The predicted octanol–water partition coefficient (Wildman–Crippen LogP) is 1.61. The molecule has 0 aliphatic heterocycles. The standard InChI is InChI=1S/C13H19N3O2S/c1-4-8(14)6-16-12(17)9-5-10(7(2)3)19-11(9)15-13(16)18/h5,7-8H,4,6,14H2,1-3H3,(H,15,18). The Morgan fingerprint density at radius 1 is 1.42 bits per heavy atom. The van der Waals surface area contributed by atoms with Crippen LogP contribution in [0.4, 0.5) is 0 Å². The Balaban J connectivity index is 2.61. The Hall–Kier alpha value is -1.40. The summed E-state index contributed by atoms with van der Waals surface area (Å²) in [5.74, 6) is 0.339. The number of hydrogen-bond acceptors (Lipinski definition) is 4. The summed E-state index contributed by atoms with van der Waals surface area (Å²) in [5, 5.41) is 0.580. The normalized spacial score (nSPS) is 13.3. The van der Waals surface area contributed by atoms with Crippen LogP contribution in [0.25, 0.3) is 10.2 Å². The first kappa shape index (κ1) is 14.0. The van der Waals surface area contributed by atoms with E-state index in [4.69, 9.17) is 5.73 Å². The molecule has 1 unspecified atom stereocenters. The van der Waals surface area contributed by atoms with Gasteiger partial charge in [0, 0.05) is 17.5 Å². The number of aromatic nitrogens is 2. The Labute approximate surface area is 115 Å². The van der Waals surface area contributed by atoms with Crippen LogP contribution in [-0.4, -0.2) is 15.6 Å². The Kier molecular flexibility index (Phi) is 3.91. The third kappa shape index (κ3) is 2.64. The van der Waals surface area contributed by atoms with E-state index in [-0.39, 0.29) is 23.8 Å². The van der Waals surface area contributed by atoms with Gasteiger partial charge in [0.15, 0.2) is 0 Å². The predicted molar refractivity (Wildman–Crippen MR) is 79.1 cm³/mol. The number of rotatable bonds is 4. The largest absolute Gasteiger partial charge is 0.329 e. The first-order chi connectivity index (χ1) is 8.93. The zero-order valence-electron chi connectivity index (χ0n) is 11.4. The highest BCUT2D eigenvalue weighted by atomic mass is 32.1. The molecule has 0 bridgehead atoms. The van der Waals surface area contributed by atoms with Crippen molar-refractivity contribution in [1.82, 2.24) is 9.55 Å². The fourth-order valence-electron chi connectivity index (χ4n) is 1.88. The number of nitrogens with zero attached hydrogens (tertiary/aromatic N) is 1. The minimum atomic E-state index is -0.376. The highest BCUT2D eigenvalue weighted by molar-refractivity contribution is 7.18. The van der Waals surface area contributed by atoms with E-state index in [2.05, 4.69) is 18.8 Å². The molecule has 3 N–H and O–H groups in total.